The van der Waals surface area contributed by atoms with Crippen molar-refractivity contribution in [3.05, 3.63) is 0 Å². The molecule has 0 N–H and O–H groups in total. The molecule has 3 fully saturated rings. The topological polar surface area (TPSA) is 61.8 Å². The Morgan fingerprint density at radius 3 is 2.94 bits per heavy atom. The number of carbonyl (C=O) groups excluding carboxylic acids is 2. The lowest BCUT2D eigenvalue weighted by atomic mass is 9.93. The van der Waals surface area contributed by atoms with Crippen LogP contribution in [0.2, 0.25) is 0 Å². The van der Waals surface area contributed by atoms with Crippen LogP contribution in [0.25, 0.3) is 0 Å². The summed E-state index contributed by atoms with van der Waals surface area (Å²) in [5, 5.41) is 0. The summed E-state index contributed by atoms with van der Waals surface area (Å²) in [5.41, 5.74) is 0. The lowest BCUT2D eigenvalue weighted by Gasteiger charge is -2.27. The van der Waals surface area contributed by atoms with Crippen molar-refractivity contribution >= 4 is 12.3 Å². The average Bonchev–Trinajstić information content (AvgIpc) is 2.85. The molecule has 2 unspecified atom stereocenters. The number of hydrogen-bond donors (Lipinski definition) is 0. The smallest absolute Gasteiger partial charge is 0.306 e. The number of aldehydes is 1. The van der Waals surface area contributed by atoms with Crippen molar-refractivity contribution in [2.75, 3.05) is 6.61 Å². The van der Waals surface area contributed by atoms with E-state index in [-0.39, 0.29) is 36.3 Å². The second-order valence-corrected chi connectivity index (χ2v) is 5.32. The summed E-state index contributed by atoms with van der Waals surface area (Å²) in [6.07, 6.45) is 4.46. The molecule has 2 saturated heterocycles. The van der Waals surface area contributed by atoms with E-state index in [0.29, 0.717) is 12.8 Å². The van der Waals surface area contributed by atoms with Crippen LogP contribution in [0.5, 0.6) is 0 Å². The van der Waals surface area contributed by atoms with Gasteiger partial charge in [0.05, 0.1) is 12.5 Å². The summed E-state index contributed by atoms with van der Waals surface area (Å²) in [4.78, 5) is 22.4. The minimum Gasteiger partial charge on any atom is -0.462 e. The number of rotatable bonds is 3. The predicted molar refractivity (Wildman–Crippen MR) is 60.6 cm³/mol. The Balaban J connectivity index is 1.62. The van der Waals surface area contributed by atoms with Crippen molar-refractivity contribution < 1.29 is 23.8 Å². The van der Waals surface area contributed by atoms with Crippen LogP contribution in [0.15, 0.2) is 0 Å². The van der Waals surface area contributed by atoms with Crippen LogP contribution in [-0.2, 0) is 23.8 Å². The molecule has 0 radical (unpaired) electrons. The fraction of sp³-hybridized carbons (Fsp3) is 0.846. The molecule has 1 aliphatic carbocycles. The van der Waals surface area contributed by atoms with E-state index in [4.69, 9.17) is 14.2 Å². The first-order valence-electron chi connectivity index (χ1n) is 6.70. The molecule has 2 heterocycles. The lowest BCUT2D eigenvalue weighted by molar-refractivity contribution is -0.195. The number of esters is 1. The molecule has 1 saturated carbocycles. The van der Waals surface area contributed by atoms with Crippen molar-refractivity contribution in [3.8, 4) is 0 Å². The third-order valence-electron chi connectivity index (χ3n) is 4.17. The van der Waals surface area contributed by atoms with E-state index < -0.39 is 0 Å². The van der Waals surface area contributed by atoms with E-state index in [2.05, 4.69) is 0 Å². The third-order valence-corrected chi connectivity index (χ3v) is 4.17. The van der Waals surface area contributed by atoms with Gasteiger partial charge >= 0.3 is 5.97 Å². The van der Waals surface area contributed by atoms with Gasteiger partial charge in [0.25, 0.3) is 0 Å². The summed E-state index contributed by atoms with van der Waals surface area (Å²) in [6.45, 7) is 0.727. The zero-order chi connectivity index (χ0) is 12.5. The van der Waals surface area contributed by atoms with Gasteiger partial charge in [-0.15, -0.1) is 0 Å². The highest BCUT2D eigenvalue weighted by Crippen LogP contribution is 2.42. The van der Waals surface area contributed by atoms with Gasteiger partial charge in [-0.2, -0.15) is 0 Å². The first kappa shape index (κ1) is 12.1. The van der Waals surface area contributed by atoms with Crippen LogP contribution in [0.1, 0.15) is 32.1 Å². The van der Waals surface area contributed by atoms with Gasteiger partial charge in [0, 0.05) is 24.9 Å². The molecule has 5 atom stereocenters. The number of carbonyl (C=O) groups is 2. The zero-order valence-electron chi connectivity index (χ0n) is 10.2. The quantitative estimate of drug-likeness (QED) is 0.556. The maximum atomic E-state index is 11.2. The van der Waals surface area contributed by atoms with Crippen LogP contribution in [0, 0.1) is 11.8 Å². The van der Waals surface area contributed by atoms with Gasteiger partial charge in [-0.3, -0.25) is 4.79 Å². The number of hydrogen-bond acceptors (Lipinski definition) is 5. The van der Waals surface area contributed by atoms with Crippen molar-refractivity contribution in [2.45, 2.75) is 50.6 Å². The molecule has 0 bridgehead atoms. The fourth-order valence-electron chi connectivity index (χ4n) is 3.25. The minimum atomic E-state index is -0.230. The van der Waals surface area contributed by atoms with Crippen LogP contribution in [0.3, 0.4) is 0 Å². The Bertz CT molecular complexity index is 336. The Labute approximate surface area is 106 Å². The molecular weight excluding hydrogens is 236 g/mol. The second-order valence-electron chi connectivity index (χ2n) is 5.32. The standard InChI is InChI=1S/C13H18O5/c14-7-9-8-5-12(15)17-10(8)6-11(9)18-13-3-1-2-4-16-13/h7-11,13H,1-6H2/t8?,9-,10-,11+,13?/m0/s1. The van der Waals surface area contributed by atoms with E-state index >= 15 is 0 Å². The molecule has 2 aliphatic heterocycles. The third kappa shape index (κ3) is 2.17. The summed E-state index contributed by atoms with van der Waals surface area (Å²) in [6, 6.07) is 0. The lowest BCUT2D eigenvalue weighted by Crippen LogP contribution is -2.32. The van der Waals surface area contributed by atoms with E-state index in [1.807, 2.05) is 0 Å². The average molecular weight is 254 g/mol. The van der Waals surface area contributed by atoms with E-state index in [9.17, 15) is 9.59 Å². The van der Waals surface area contributed by atoms with Gasteiger partial charge in [0.1, 0.15) is 12.4 Å². The monoisotopic (exact) mass is 254 g/mol. The molecule has 0 aromatic rings. The van der Waals surface area contributed by atoms with Crippen molar-refractivity contribution in [3.63, 3.8) is 0 Å². The molecule has 0 aromatic carbocycles. The highest BCUT2D eigenvalue weighted by molar-refractivity contribution is 5.74. The Morgan fingerprint density at radius 2 is 2.22 bits per heavy atom. The Morgan fingerprint density at radius 1 is 1.33 bits per heavy atom. The van der Waals surface area contributed by atoms with Crippen LogP contribution in [-0.4, -0.2) is 37.4 Å². The van der Waals surface area contributed by atoms with E-state index in [1.54, 1.807) is 0 Å². The molecule has 5 heteroatoms. The van der Waals surface area contributed by atoms with E-state index in [1.165, 1.54) is 0 Å². The molecule has 18 heavy (non-hydrogen) atoms. The normalized spacial score (nSPS) is 43.6. The summed E-state index contributed by atoms with van der Waals surface area (Å²) in [5.74, 6) is -0.417. The largest absolute Gasteiger partial charge is 0.462 e. The van der Waals surface area contributed by atoms with Crippen LogP contribution < -0.4 is 0 Å². The highest BCUT2D eigenvalue weighted by Gasteiger charge is 2.51. The zero-order valence-corrected chi connectivity index (χ0v) is 10.2. The summed E-state index contributed by atoms with van der Waals surface area (Å²) in [7, 11) is 0. The molecule has 3 aliphatic rings. The van der Waals surface area contributed by atoms with Crippen LogP contribution >= 0.6 is 0 Å². The maximum Gasteiger partial charge on any atom is 0.306 e. The van der Waals surface area contributed by atoms with Gasteiger partial charge in [-0.05, 0) is 19.3 Å². The number of fused-ring (bicyclic) bond motifs is 1. The van der Waals surface area contributed by atoms with Crippen molar-refractivity contribution in [2.24, 2.45) is 11.8 Å². The number of ether oxygens (including phenoxy) is 3. The first-order chi connectivity index (χ1) is 8.78. The molecule has 3 rings (SSSR count). The Hall–Kier alpha value is -0.940. The summed E-state index contributed by atoms with van der Waals surface area (Å²) >= 11 is 0. The fourth-order valence-corrected chi connectivity index (χ4v) is 3.25. The van der Waals surface area contributed by atoms with Crippen LogP contribution in [0.4, 0.5) is 0 Å². The van der Waals surface area contributed by atoms with Crippen molar-refractivity contribution in [1.29, 1.82) is 0 Å². The molecule has 5 nitrogen and oxygen atoms in total. The van der Waals surface area contributed by atoms with Gasteiger partial charge in [-0.1, -0.05) is 0 Å². The predicted octanol–water partition coefficient (Wildman–Crippen LogP) is 1.05. The van der Waals surface area contributed by atoms with Gasteiger partial charge in [-0.25, -0.2) is 0 Å². The van der Waals surface area contributed by atoms with Gasteiger partial charge < -0.3 is 19.0 Å². The minimum absolute atomic E-state index is 0.00332. The maximum absolute atomic E-state index is 11.2. The first-order valence-corrected chi connectivity index (χ1v) is 6.70. The van der Waals surface area contributed by atoms with Crippen molar-refractivity contribution in [1.82, 2.24) is 0 Å². The second kappa shape index (κ2) is 4.97. The summed E-state index contributed by atoms with van der Waals surface area (Å²) < 4.78 is 16.6. The molecule has 0 spiro atoms. The van der Waals surface area contributed by atoms with Gasteiger partial charge in [0.15, 0.2) is 6.29 Å². The SMILES string of the molecule is O=C[C@H]1C2CC(=O)O[C@H]2C[C@H]1OC1CCCCO1. The molecular formula is C13H18O5. The van der Waals surface area contributed by atoms with Gasteiger partial charge in [0.2, 0.25) is 0 Å². The highest BCUT2D eigenvalue weighted by atomic mass is 16.7. The molecule has 0 aromatic heterocycles. The molecule has 100 valence electrons. The Kier molecular flexibility index (Phi) is 3.35. The van der Waals surface area contributed by atoms with E-state index in [0.717, 1.165) is 32.2 Å². The molecule has 0 amide bonds.